The highest BCUT2D eigenvalue weighted by atomic mass is 16.5. The van der Waals surface area contributed by atoms with Gasteiger partial charge in [0.2, 0.25) is 0 Å². The molecule has 0 unspecified atom stereocenters. The van der Waals surface area contributed by atoms with Crippen molar-refractivity contribution in [2.45, 2.75) is 0 Å². The lowest BCUT2D eigenvalue weighted by Gasteiger charge is -2.12. The van der Waals surface area contributed by atoms with Gasteiger partial charge in [0.1, 0.15) is 17.9 Å². The van der Waals surface area contributed by atoms with Crippen molar-refractivity contribution >= 4 is 11.9 Å². The molecule has 0 aliphatic rings. The van der Waals surface area contributed by atoms with Crippen LogP contribution in [0.25, 0.3) is 0 Å². The number of nitriles is 1. The van der Waals surface area contributed by atoms with Crippen LogP contribution in [0.2, 0.25) is 0 Å². The van der Waals surface area contributed by atoms with Gasteiger partial charge in [0.15, 0.2) is 0 Å². The number of esters is 1. The molecule has 0 saturated carbocycles. The van der Waals surface area contributed by atoms with Gasteiger partial charge in [0, 0.05) is 7.05 Å². The van der Waals surface area contributed by atoms with Crippen LogP contribution >= 0.6 is 0 Å². The zero-order valence-corrected chi connectivity index (χ0v) is 9.51. The van der Waals surface area contributed by atoms with Gasteiger partial charge in [-0.05, 0) is 12.1 Å². The molecule has 0 atom stereocenters. The minimum absolute atomic E-state index is 0.0387. The average molecular weight is 233 g/mol. The second-order valence-corrected chi connectivity index (χ2v) is 3.22. The van der Waals surface area contributed by atoms with Gasteiger partial charge in [0.25, 0.3) is 5.91 Å². The molecule has 88 valence electrons. The average Bonchev–Trinajstić information content (AvgIpc) is 2.37. The van der Waals surface area contributed by atoms with Gasteiger partial charge in [-0.1, -0.05) is 6.07 Å². The monoisotopic (exact) mass is 233 g/mol. The first-order chi connectivity index (χ1) is 8.10. The van der Waals surface area contributed by atoms with Crippen molar-refractivity contribution in [3.63, 3.8) is 0 Å². The minimum atomic E-state index is -0.609. The number of rotatable bonds is 3. The van der Waals surface area contributed by atoms with Crippen LogP contribution in [-0.4, -0.2) is 42.5 Å². The highest BCUT2D eigenvalue weighted by Crippen LogP contribution is 2.04. The van der Waals surface area contributed by atoms with Crippen molar-refractivity contribution in [2.75, 3.05) is 20.7 Å². The second-order valence-electron chi connectivity index (χ2n) is 3.22. The summed E-state index contributed by atoms with van der Waals surface area (Å²) in [6, 6.07) is 6.31. The molecule has 0 aromatic carbocycles. The number of pyridine rings is 1. The molecule has 6 nitrogen and oxygen atoms in total. The highest BCUT2D eigenvalue weighted by Gasteiger charge is 2.15. The van der Waals surface area contributed by atoms with Crippen LogP contribution in [-0.2, 0) is 4.74 Å². The summed E-state index contributed by atoms with van der Waals surface area (Å²) >= 11 is 0. The third-order valence-corrected chi connectivity index (χ3v) is 2.02. The minimum Gasteiger partial charge on any atom is -0.464 e. The predicted molar refractivity (Wildman–Crippen MR) is 58.2 cm³/mol. The van der Waals surface area contributed by atoms with Crippen LogP contribution in [0.5, 0.6) is 0 Å². The lowest BCUT2D eigenvalue weighted by molar-refractivity contribution is 0.0593. The summed E-state index contributed by atoms with van der Waals surface area (Å²) in [7, 11) is 2.72. The number of amides is 1. The first-order valence-electron chi connectivity index (χ1n) is 4.78. The predicted octanol–water partition coefficient (Wildman–Crippen LogP) is 0.464. The Morgan fingerprint density at radius 2 is 2.12 bits per heavy atom. The van der Waals surface area contributed by atoms with Crippen LogP contribution in [0.1, 0.15) is 21.0 Å². The third-order valence-electron chi connectivity index (χ3n) is 2.02. The number of nitrogens with zero attached hydrogens (tertiary/aromatic N) is 3. The molecule has 0 saturated heterocycles. The van der Waals surface area contributed by atoms with Crippen molar-refractivity contribution in [3.8, 4) is 6.07 Å². The number of hydrogen-bond acceptors (Lipinski definition) is 5. The Morgan fingerprint density at radius 1 is 1.47 bits per heavy atom. The highest BCUT2D eigenvalue weighted by molar-refractivity contribution is 5.94. The quantitative estimate of drug-likeness (QED) is 0.559. The smallest absolute Gasteiger partial charge is 0.356 e. The number of carbonyl (C=O) groups is 2. The fourth-order valence-electron chi connectivity index (χ4n) is 1.15. The SMILES string of the molecule is COC(=O)c1cccc(C(=O)N(C)CC#N)n1. The first-order valence-corrected chi connectivity index (χ1v) is 4.78. The maximum atomic E-state index is 11.8. The van der Waals surface area contributed by atoms with E-state index in [-0.39, 0.29) is 17.9 Å². The van der Waals surface area contributed by atoms with Crippen LogP contribution in [0.4, 0.5) is 0 Å². The molecule has 1 rings (SSSR count). The van der Waals surface area contributed by atoms with E-state index in [1.54, 1.807) is 0 Å². The molecule has 0 aliphatic heterocycles. The maximum absolute atomic E-state index is 11.8. The van der Waals surface area contributed by atoms with E-state index in [2.05, 4.69) is 9.72 Å². The Labute approximate surface area is 98.4 Å². The Balaban J connectivity index is 2.96. The normalized spacial score (nSPS) is 9.24. The van der Waals surface area contributed by atoms with E-state index in [0.717, 1.165) is 0 Å². The molecule has 0 fully saturated rings. The van der Waals surface area contributed by atoms with Gasteiger partial charge >= 0.3 is 5.97 Å². The zero-order chi connectivity index (χ0) is 12.8. The number of carbonyl (C=O) groups excluding carboxylic acids is 2. The standard InChI is InChI=1S/C11H11N3O3/c1-14(7-6-12)10(15)8-4-3-5-9(13-8)11(16)17-2/h3-5H,7H2,1-2H3. The summed E-state index contributed by atoms with van der Waals surface area (Å²) < 4.78 is 4.50. The fraction of sp³-hybridized carbons (Fsp3) is 0.273. The van der Waals surface area contributed by atoms with E-state index >= 15 is 0 Å². The Morgan fingerprint density at radius 3 is 2.71 bits per heavy atom. The Hall–Kier alpha value is -2.42. The number of ether oxygens (including phenoxy) is 1. The number of methoxy groups -OCH3 is 1. The third kappa shape index (κ3) is 3.01. The van der Waals surface area contributed by atoms with E-state index in [1.165, 1.54) is 37.3 Å². The van der Waals surface area contributed by atoms with E-state index in [4.69, 9.17) is 5.26 Å². The zero-order valence-electron chi connectivity index (χ0n) is 9.51. The molecule has 0 aliphatic carbocycles. The first kappa shape index (κ1) is 12.6. The summed E-state index contributed by atoms with van der Waals surface area (Å²) in [4.78, 5) is 28.1. The van der Waals surface area contributed by atoms with Crippen molar-refractivity contribution in [1.29, 1.82) is 5.26 Å². The van der Waals surface area contributed by atoms with Crippen molar-refractivity contribution in [3.05, 3.63) is 29.6 Å². The largest absolute Gasteiger partial charge is 0.464 e. The van der Waals surface area contributed by atoms with Crippen LogP contribution < -0.4 is 0 Å². The van der Waals surface area contributed by atoms with E-state index in [1.807, 2.05) is 6.07 Å². The second kappa shape index (κ2) is 5.61. The molecular formula is C11H11N3O3. The number of aromatic nitrogens is 1. The molecule has 1 amide bonds. The summed E-state index contributed by atoms with van der Waals surface area (Å²) in [6.07, 6.45) is 0. The summed E-state index contributed by atoms with van der Waals surface area (Å²) in [5.74, 6) is -1.03. The van der Waals surface area contributed by atoms with Gasteiger partial charge < -0.3 is 9.64 Å². The topological polar surface area (TPSA) is 83.3 Å². The van der Waals surface area contributed by atoms with Crippen molar-refractivity contribution in [1.82, 2.24) is 9.88 Å². The summed E-state index contributed by atoms with van der Waals surface area (Å²) in [5.41, 5.74) is 0.161. The molecule has 6 heteroatoms. The Kier molecular flexibility index (Phi) is 4.17. The number of hydrogen-bond donors (Lipinski definition) is 0. The van der Waals surface area contributed by atoms with Gasteiger partial charge in [0.05, 0.1) is 13.2 Å². The molecule has 0 spiro atoms. The van der Waals surface area contributed by atoms with Crippen LogP contribution in [0, 0.1) is 11.3 Å². The molecule has 0 bridgehead atoms. The van der Waals surface area contributed by atoms with Crippen LogP contribution in [0.3, 0.4) is 0 Å². The van der Waals surface area contributed by atoms with E-state index in [0.29, 0.717) is 0 Å². The lowest BCUT2D eigenvalue weighted by atomic mass is 10.2. The van der Waals surface area contributed by atoms with Crippen LogP contribution in [0.15, 0.2) is 18.2 Å². The summed E-state index contributed by atoms with van der Waals surface area (Å²) in [5, 5.41) is 8.47. The lowest BCUT2D eigenvalue weighted by Crippen LogP contribution is -2.28. The fourth-order valence-corrected chi connectivity index (χ4v) is 1.15. The molecule has 1 aromatic rings. The van der Waals surface area contributed by atoms with Crippen molar-refractivity contribution < 1.29 is 14.3 Å². The van der Waals surface area contributed by atoms with Gasteiger partial charge in [-0.15, -0.1) is 0 Å². The van der Waals surface area contributed by atoms with E-state index in [9.17, 15) is 9.59 Å². The molecule has 17 heavy (non-hydrogen) atoms. The maximum Gasteiger partial charge on any atom is 0.356 e. The van der Waals surface area contributed by atoms with Gasteiger partial charge in [-0.25, -0.2) is 9.78 Å². The molecule has 1 heterocycles. The summed E-state index contributed by atoms with van der Waals surface area (Å²) in [6.45, 7) is -0.0387. The molecular weight excluding hydrogens is 222 g/mol. The van der Waals surface area contributed by atoms with Crippen molar-refractivity contribution in [2.24, 2.45) is 0 Å². The molecule has 0 radical (unpaired) electrons. The van der Waals surface area contributed by atoms with E-state index < -0.39 is 11.9 Å². The molecule has 1 aromatic heterocycles. The van der Waals surface area contributed by atoms with Gasteiger partial charge in [-0.3, -0.25) is 4.79 Å². The molecule has 0 N–H and O–H groups in total. The van der Waals surface area contributed by atoms with Gasteiger partial charge in [-0.2, -0.15) is 5.26 Å². The Bertz CT molecular complexity index is 479.